The number of nitro groups is 1. The smallest absolute Gasteiger partial charge is 0.270 e. The van der Waals surface area contributed by atoms with Gasteiger partial charge >= 0.3 is 0 Å². The number of nitrogens with zero attached hydrogens (tertiary/aromatic N) is 2. The molecule has 1 aliphatic heterocycles. The molecule has 1 aromatic carbocycles. The van der Waals surface area contributed by atoms with E-state index in [1.54, 1.807) is 24.9 Å². The molecule has 1 saturated heterocycles. The van der Waals surface area contributed by atoms with E-state index in [2.05, 4.69) is 5.32 Å². The molecule has 0 bridgehead atoms. The van der Waals surface area contributed by atoms with Crippen LogP contribution in [0.15, 0.2) is 18.2 Å². The fourth-order valence-electron chi connectivity index (χ4n) is 1.86. The summed E-state index contributed by atoms with van der Waals surface area (Å²) in [5.74, 6) is -0.164. The van der Waals surface area contributed by atoms with E-state index in [0.29, 0.717) is 5.56 Å². The number of nitrogens with one attached hydrogen (secondary N) is 1. The Morgan fingerprint density at radius 2 is 2.17 bits per heavy atom. The van der Waals surface area contributed by atoms with E-state index in [9.17, 15) is 14.9 Å². The highest BCUT2D eigenvalue weighted by Crippen LogP contribution is 2.19. The van der Waals surface area contributed by atoms with Crippen LogP contribution in [0.1, 0.15) is 15.9 Å². The second-order valence-electron chi connectivity index (χ2n) is 4.48. The van der Waals surface area contributed by atoms with E-state index in [1.807, 2.05) is 0 Å². The number of rotatable bonds is 3. The molecule has 1 N–H and O–H groups in total. The van der Waals surface area contributed by atoms with Crippen molar-refractivity contribution >= 4 is 11.6 Å². The third-order valence-electron chi connectivity index (χ3n) is 3.29. The maximum absolute atomic E-state index is 12.3. The number of non-ortho nitro benzene ring substituents is 1. The van der Waals surface area contributed by atoms with Gasteiger partial charge in [0.05, 0.1) is 11.0 Å². The van der Waals surface area contributed by atoms with Crippen molar-refractivity contribution in [3.05, 3.63) is 39.4 Å². The van der Waals surface area contributed by atoms with E-state index in [0.717, 1.165) is 18.7 Å². The molecule has 0 spiro atoms. The Hall–Kier alpha value is -1.95. The second-order valence-corrected chi connectivity index (χ2v) is 4.48. The van der Waals surface area contributed by atoms with Crippen molar-refractivity contribution in [1.29, 1.82) is 0 Å². The van der Waals surface area contributed by atoms with Crippen molar-refractivity contribution in [2.45, 2.75) is 13.0 Å². The normalized spacial score (nSPS) is 15.0. The summed E-state index contributed by atoms with van der Waals surface area (Å²) < 4.78 is 0. The standard InChI is InChI=1S/C12H15N3O3/c1-8-3-4-9(15(17)18)5-11(8)12(16)14(2)10-6-13-7-10/h3-5,10,13H,6-7H2,1-2H3. The average molecular weight is 249 g/mol. The van der Waals surface area contributed by atoms with Gasteiger partial charge in [-0.2, -0.15) is 0 Å². The number of amides is 1. The predicted molar refractivity (Wildman–Crippen MR) is 66.6 cm³/mol. The van der Waals surface area contributed by atoms with Gasteiger partial charge < -0.3 is 10.2 Å². The Bertz CT molecular complexity index is 497. The van der Waals surface area contributed by atoms with Crippen LogP contribution in [0.5, 0.6) is 0 Å². The van der Waals surface area contributed by atoms with Crippen molar-refractivity contribution in [2.75, 3.05) is 20.1 Å². The van der Waals surface area contributed by atoms with E-state index in [1.165, 1.54) is 12.1 Å². The lowest BCUT2D eigenvalue weighted by molar-refractivity contribution is -0.384. The number of carbonyl (C=O) groups excluding carboxylic acids is 1. The Morgan fingerprint density at radius 3 is 2.67 bits per heavy atom. The first-order valence-corrected chi connectivity index (χ1v) is 5.73. The monoisotopic (exact) mass is 249 g/mol. The van der Waals surface area contributed by atoms with E-state index in [-0.39, 0.29) is 17.6 Å². The largest absolute Gasteiger partial charge is 0.336 e. The topological polar surface area (TPSA) is 75.5 Å². The number of likely N-dealkylation sites (N-methyl/N-ethyl adjacent to an activating group) is 1. The number of hydrogen-bond donors (Lipinski definition) is 1. The van der Waals surface area contributed by atoms with Crippen LogP contribution < -0.4 is 5.32 Å². The lowest BCUT2D eigenvalue weighted by Crippen LogP contribution is -2.57. The van der Waals surface area contributed by atoms with Gasteiger partial charge in [0.1, 0.15) is 0 Å². The first-order chi connectivity index (χ1) is 8.50. The molecule has 0 aliphatic carbocycles. The number of nitro benzene ring substituents is 1. The van der Waals surface area contributed by atoms with Crippen LogP contribution in [0.4, 0.5) is 5.69 Å². The fraction of sp³-hybridized carbons (Fsp3) is 0.417. The molecule has 1 aliphatic rings. The maximum Gasteiger partial charge on any atom is 0.270 e. The number of hydrogen-bond acceptors (Lipinski definition) is 4. The zero-order valence-electron chi connectivity index (χ0n) is 10.3. The summed E-state index contributed by atoms with van der Waals surface area (Å²) in [4.78, 5) is 24.1. The van der Waals surface area contributed by atoms with E-state index < -0.39 is 4.92 Å². The lowest BCUT2D eigenvalue weighted by atomic mass is 10.0. The van der Waals surface area contributed by atoms with Crippen LogP contribution in [0.2, 0.25) is 0 Å². The highest BCUT2D eigenvalue weighted by molar-refractivity contribution is 5.96. The third kappa shape index (κ3) is 2.19. The molecular formula is C12H15N3O3. The second kappa shape index (κ2) is 4.73. The first-order valence-electron chi connectivity index (χ1n) is 5.73. The Balaban J connectivity index is 2.28. The van der Waals surface area contributed by atoms with E-state index >= 15 is 0 Å². The molecule has 0 unspecified atom stereocenters. The molecule has 6 heteroatoms. The highest BCUT2D eigenvalue weighted by atomic mass is 16.6. The SMILES string of the molecule is Cc1ccc([N+](=O)[O-])cc1C(=O)N(C)C1CNC1. The third-order valence-corrected chi connectivity index (χ3v) is 3.29. The minimum absolute atomic E-state index is 0.0518. The van der Waals surface area contributed by atoms with Crippen LogP contribution in [0.25, 0.3) is 0 Å². The first kappa shape index (κ1) is 12.5. The molecule has 1 aromatic rings. The molecule has 96 valence electrons. The van der Waals surface area contributed by atoms with Gasteiger partial charge in [0.2, 0.25) is 0 Å². The van der Waals surface area contributed by atoms with Crippen molar-refractivity contribution in [3.63, 3.8) is 0 Å². The van der Waals surface area contributed by atoms with Gasteiger partial charge in [0.25, 0.3) is 11.6 Å². The molecule has 0 atom stereocenters. The predicted octanol–water partition coefficient (Wildman–Crippen LogP) is 0.947. The number of benzene rings is 1. The minimum atomic E-state index is -0.485. The van der Waals surface area contributed by atoms with Crippen LogP contribution in [-0.4, -0.2) is 41.9 Å². The summed E-state index contributed by atoms with van der Waals surface area (Å²) in [6.45, 7) is 3.33. The summed E-state index contributed by atoms with van der Waals surface area (Å²) in [5.41, 5.74) is 1.10. The zero-order valence-corrected chi connectivity index (χ0v) is 10.3. The number of carbonyl (C=O) groups is 1. The lowest BCUT2D eigenvalue weighted by Gasteiger charge is -2.35. The van der Waals surface area contributed by atoms with Crippen molar-refractivity contribution in [2.24, 2.45) is 0 Å². The molecular weight excluding hydrogens is 234 g/mol. The maximum atomic E-state index is 12.3. The van der Waals surface area contributed by atoms with Crippen LogP contribution in [0, 0.1) is 17.0 Å². The molecule has 6 nitrogen and oxygen atoms in total. The van der Waals surface area contributed by atoms with Gasteiger partial charge in [-0.15, -0.1) is 0 Å². The van der Waals surface area contributed by atoms with Gasteiger partial charge in [-0.05, 0) is 12.5 Å². The molecule has 18 heavy (non-hydrogen) atoms. The molecule has 1 heterocycles. The summed E-state index contributed by atoms with van der Waals surface area (Å²) >= 11 is 0. The molecule has 1 amide bonds. The summed E-state index contributed by atoms with van der Waals surface area (Å²) in [7, 11) is 1.73. The van der Waals surface area contributed by atoms with Gasteiger partial charge in [-0.3, -0.25) is 14.9 Å². The van der Waals surface area contributed by atoms with Gasteiger partial charge in [-0.25, -0.2) is 0 Å². The summed E-state index contributed by atoms with van der Waals surface area (Å²) in [6.07, 6.45) is 0. The van der Waals surface area contributed by atoms with Crippen molar-refractivity contribution in [1.82, 2.24) is 10.2 Å². The number of aryl methyl sites for hydroxylation is 1. The fourth-order valence-corrected chi connectivity index (χ4v) is 1.86. The molecule has 1 fully saturated rings. The average Bonchev–Trinajstić information content (AvgIpc) is 2.26. The minimum Gasteiger partial charge on any atom is -0.336 e. The highest BCUT2D eigenvalue weighted by Gasteiger charge is 2.27. The van der Waals surface area contributed by atoms with Crippen molar-refractivity contribution < 1.29 is 9.72 Å². The van der Waals surface area contributed by atoms with Crippen molar-refractivity contribution in [3.8, 4) is 0 Å². The Labute approximate surface area is 105 Å². The Morgan fingerprint density at radius 1 is 1.50 bits per heavy atom. The van der Waals surface area contributed by atoms with E-state index in [4.69, 9.17) is 0 Å². The van der Waals surface area contributed by atoms with Gasteiger partial charge in [0.15, 0.2) is 0 Å². The summed E-state index contributed by atoms with van der Waals surface area (Å²) in [5, 5.41) is 13.8. The quantitative estimate of drug-likeness (QED) is 0.639. The van der Waals surface area contributed by atoms with Crippen LogP contribution >= 0.6 is 0 Å². The summed E-state index contributed by atoms with van der Waals surface area (Å²) in [6, 6.07) is 4.55. The molecule has 0 aromatic heterocycles. The van der Waals surface area contributed by atoms with Crippen LogP contribution in [-0.2, 0) is 0 Å². The molecule has 0 saturated carbocycles. The van der Waals surface area contributed by atoms with Gasteiger partial charge in [-0.1, -0.05) is 6.07 Å². The molecule has 0 radical (unpaired) electrons. The van der Waals surface area contributed by atoms with Crippen LogP contribution in [0.3, 0.4) is 0 Å². The Kier molecular flexibility index (Phi) is 3.29. The zero-order chi connectivity index (χ0) is 13.3. The molecule has 2 rings (SSSR count). The van der Waals surface area contributed by atoms with Gasteiger partial charge in [0, 0.05) is 37.8 Å².